The van der Waals surface area contributed by atoms with E-state index in [9.17, 15) is 30.7 Å². The lowest BCUT2D eigenvalue weighted by Crippen LogP contribution is -2.50. The Morgan fingerprint density at radius 1 is 0.880 bits per heavy atom. The third-order valence-corrected chi connectivity index (χ3v) is 4.02. The summed E-state index contributed by atoms with van der Waals surface area (Å²) in [5.74, 6) is 0. The summed E-state index contributed by atoms with van der Waals surface area (Å²) in [6.07, 6.45) is -12.4. The van der Waals surface area contributed by atoms with Crippen LogP contribution in [0.3, 0.4) is 0 Å². The highest BCUT2D eigenvalue weighted by molar-refractivity contribution is 6.33. The van der Waals surface area contributed by atoms with Crippen molar-refractivity contribution in [2.24, 2.45) is 0 Å². The fourth-order valence-corrected chi connectivity index (χ4v) is 2.86. The van der Waals surface area contributed by atoms with Gasteiger partial charge in [0, 0.05) is 16.1 Å². The van der Waals surface area contributed by atoms with E-state index in [0.29, 0.717) is 6.07 Å². The maximum Gasteiger partial charge on any atom is 0.435 e. The summed E-state index contributed by atoms with van der Waals surface area (Å²) >= 11 is 5.92. The minimum absolute atomic E-state index is 0.0566. The minimum Gasteiger partial charge on any atom is -0.218 e. The molecule has 0 spiro atoms. The predicted octanol–water partition coefficient (Wildman–Crippen LogP) is 6.71. The highest BCUT2D eigenvalue weighted by atomic mass is 35.5. The zero-order chi connectivity index (χ0) is 19.2. The van der Waals surface area contributed by atoms with E-state index in [4.69, 9.17) is 11.6 Å². The van der Waals surface area contributed by atoms with Gasteiger partial charge in [0.1, 0.15) is 0 Å². The summed E-state index contributed by atoms with van der Waals surface area (Å²) in [6.45, 7) is 2.49. The first-order chi connectivity index (χ1) is 11.3. The molecular formula is C17H11ClF7. The molecule has 0 unspecified atom stereocenters. The first kappa shape index (κ1) is 19.6. The van der Waals surface area contributed by atoms with Gasteiger partial charge in [0.05, 0.1) is 0 Å². The number of aryl methyl sites for hydroxylation is 2. The van der Waals surface area contributed by atoms with Gasteiger partial charge in [0.2, 0.25) is 0 Å². The van der Waals surface area contributed by atoms with Crippen molar-refractivity contribution in [1.29, 1.82) is 0 Å². The van der Waals surface area contributed by atoms with Gasteiger partial charge in [-0.1, -0.05) is 35.9 Å². The predicted molar refractivity (Wildman–Crippen MR) is 80.1 cm³/mol. The van der Waals surface area contributed by atoms with E-state index in [0.717, 1.165) is 0 Å². The summed E-state index contributed by atoms with van der Waals surface area (Å²) in [5.41, 5.74) is -7.93. The van der Waals surface area contributed by atoms with Gasteiger partial charge >= 0.3 is 18.0 Å². The molecule has 2 rings (SSSR count). The minimum atomic E-state index is -6.21. The van der Waals surface area contributed by atoms with Gasteiger partial charge in [-0.15, -0.1) is 0 Å². The monoisotopic (exact) mass is 383 g/mol. The average Bonchev–Trinajstić information content (AvgIpc) is 2.44. The summed E-state index contributed by atoms with van der Waals surface area (Å²) in [6, 6.07) is 8.48. The molecule has 1 radical (unpaired) electrons. The van der Waals surface area contributed by atoms with E-state index >= 15 is 0 Å². The molecule has 0 nitrogen and oxygen atoms in total. The van der Waals surface area contributed by atoms with Crippen molar-refractivity contribution in [3.8, 4) is 11.1 Å². The Labute approximate surface area is 144 Å². The molecule has 0 aromatic heterocycles. The Morgan fingerprint density at radius 2 is 1.40 bits per heavy atom. The number of rotatable bonds is 2. The Kier molecular flexibility index (Phi) is 4.85. The van der Waals surface area contributed by atoms with Crippen molar-refractivity contribution in [3.63, 3.8) is 0 Å². The number of hydrogen-bond donors (Lipinski definition) is 0. The van der Waals surface area contributed by atoms with Crippen LogP contribution in [-0.2, 0) is 5.67 Å². The molecular weight excluding hydrogens is 373 g/mol. The lowest BCUT2D eigenvalue weighted by Gasteiger charge is -2.33. The van der Waals surface area contributed by atoms with Crippen LogP contribution in [0.5, 0.6) is 0 Å². The van der Waals surface area contributed by atoms with Crippen molar-refractivity contribution in [2.75, 3.05) is 0 Å². The van der Waals surface area contributed by atoms with Crippen molar-refractivity contribution in [1.82, 2.24) is 0 Å². The second-order valence-corrected chi connectivity index (χ2v) is 5.91. The Bertz CT molecular complexity index is 777. The van der Waals surface area contributed by atoms with Crippen LogP contribution in [0, 0.1) is 19.9 Å². The Hall–Kier alpha value is -1.76. The normalized spacial score (nSPS) is 13.2. The molecule has 0 bridgehead atoms. The molecule has 0 heterocycles. The van der Waals surface area contributed by atoms with Gasteiger partial charge in [-0.05, 0) is 42.7 Å². The second kappa shape index (κ2) is 6.20. The topological polar surface area (TPSA) is 0 Å². The van der Waals surface area contributed by atoms with E-state index in [-0.39, 0.29) is 21.7 Å². The van der Waals surface area contributed by atoms with Crippen LogP contribution in [0.25, 0.3) is 11.1 Å². The third kappa shape index (κ3) is 3.21. The van der Waals surface area contributed by atoms with E-state index in [1.54, 1.807) is 0 Å². The maximum atomic E-state index is 14.7. The summed E-state index contributed by atoms with van der Waals surface area (Å²) < 4.78 is 93.9. The van der Waals surface area contributed by atoms with Gasteiger partial charge in [-0.3, -0.25) is 0 Å². The zero-order valence-corrected chi connectivity index (χ0v) is 13.7. The van der Waals surface area contributed by atoms with Gasteiger partial charge in [0.25, 0.3) is 0 Å². The number of halogens is 8. The summed E-state index contributed by atoms with van der Waals surface area (Å²) in [5, 5.41) is -0.101. The van der Waals surface area contributed by atoms with Crippen LogP contribution in [0.2, 0.25) is 5.02 Å². The van der Waals surface area contributed by atoms with Gasteiger partial charge in [0.15, 0.2) is 0 Å². The van der Waals surface area contributed by atoms with Crippen LogP contribution >= 0.6 is 11.6 Å². The van der Waals surface area contributed by atoms with Crippen molar-refractivity contribution in [3.05, 3.63) is 58.1 Å². The van der Waals surface area contributed by atoms with E-state index in [1.807, 2.05) is 0 Å². The molecule has 135 valence electrons. The molecule has 0 saturated carbocycles. The van der Waals surface area contributed by atoms with E-state index < -0.39 is 29.1 Å². The lowest BCUT2D eigenvalue weighted by atomic mass is 9.83. The smallest absolute Gasteiger partial charge is 0.218 e. The zero-order valence-electron chi connectivity index (χ0n) is 12.9. The molecule has 0 aliphatic rings. The van der Waals surface area contributed by atoms with Gasteiger partial charge in [-0.25, -0.2) is 4.39 Å². The van der Waals surface area contributed by atoms with Crippen LogP contribution in [0.15, 0.2) is 30.3 Å². The van der Waals surface area contributed by atoms with Crippen LogP contribution in [0.4, 0.5) is 30.7 Å². The molecule has 0 amide bonds. The molecule has 8 heteroatoms. The molecule has 2 aromatic carbocycles. The van der Waals surface area contributed by atoms with Crippen molar-refractivity contribution in [2.45, 2.75) is 31.9 Å². The van der Waals surface area contributed by atoms with Crippen molar-refractivity contribution < 1.29 is 30.7 Å². The fraction of sp³-hybridized carbons (Fsp3) is 0.294. The standard InChI is InChI=1S/C17H11ClF7/c1-9-7-10(2)14(11-5-3-4-6-13(11)18)12(8-9)15(19,16(20,21)22)17(23,24)25/h3-6,8H,1-2H3. The Balaban J connectivity index is 2.97. The quantitative estimate of drug-likeness (QED) is 0.505. The molecule has 0 aliphatic carbocycles. The number of hydrogen-bond acceptors (Lipinski definition) is 0. The van der Waals surface area contributed by atoms with Crippen LogP contribution < -0.4 is 0 Å². The number of alkyl halides is 7. The first-order valence-electron chi connectivity index (χ1n) is 6.92. The second-order valence-electron chi connectivity index (χ2n) is 5.50. The van der Waals surface area contributed by atoms with E-state index in [2.05, 4.69) is 6.07 Å². The largest absolute Gasteiger partial charge is 0.435 e. The summed E-state index contributed by atoms with van der Waals surface area (Å²) in [7, 11) is 0. The molecule has 0 N–H and O–H groups in total. The highest BCUT2D eigenvalue weighted by Gasteiger charge is 2.74. The van der Waals surface area contributed by atoms with Gasteiger partial charge < -0.3 is 0 Å². The van der Waals surface area contributed by atoms with E-state index in [1.165, 1.54) is 38.1 Å². The first-order valence-corrected chi connectivity index (χ1v) is 7.29. The molecule has 25 heavy (non-hydrogen) atoms. The van der Waals surface area contributed by atoms with Gasteiger partial charge in [-0.2, -0.15) is 26.3 Å². The molecule has 0 aliphatic heterocycles. The average molecular weight is 384 g/mol. The molecule has 0 fully saturated rings. The van der Waals surface area contributed by atoms with Crippen molar-refractivity contribution >= 4 is 11.6 Å². The third-order valence-electron chi connectivity index (χ3n) is 3.69. The highest BCUT2D eigenvalue weighted by Crippen LogP contribution is 2.56. The fourth-order valence-electron chi connectivity index (χ4n) is 2.63. The molecule has 0 atom stereocenters. The molecule has 2 aromatic rings. The number of benzene rings is 2. The summed E-state index contributed by atoms with van der Waals surface area (Å²) in [4.78, 5) is 0. The molecule has 0 saturated heterocycles. The SMILES string of the molecule is Cc1[c]c(C)c(-c2ccccc2Cl)c(C(F)(C(F)(F)F)C(F)(F)F)c1. The van der Waals surface area contributed by atoms with Crippen LogP contribution in [-0.4, -0.2) is 12.4 Å². The maximum absolute atomic E-state index is 14.7. The Morgan fingerprint density at radius 3 is 1.88 bits per heavy atom. The lowest BCUT2D eigenvalue weighted by molar-refractivity contribution is -0.348. The van der Waals surface area contributed by atoms with Crippen LogP contribution in [0.1, 0.15) is 16.7 Å².